The van der Waals surface area contributed by atoms with E-state index < -0.39 is 11.4 Å². The molecule has 1 atom stereocenters. The molecule has 0 aromatic heterocycles. The molecule has 180 valence electrons. The minimum absolute atomic E-state index is 0.486. The quantitative estimate of drug-likeness (QED) is 0.140. The Balaban J connectivity index is 0.00000206. The molecule has 0 amide bonds. The van der Waals surface area contributed by atoms with Crippen LogP contribution in [0.4, 0.5) is 0 Å². The van der Waals surface area contributed by atoms with E-state index in [1.165, 1.54) is 32.1 Å². The van der Waals surface area contributed by atoms with Gasteiger partial charge in [0.05, 0.1) is 0 Å². The molecule has 1 unspecified atom stereocenters. The fourth-order valence-corrected chi connectivity index (χ4v) is 4.19. The summed E-state index contributed by atoms with van der Waals surface area (Å²) in [5.74, 6) is -0.869. The summed E-state index contributed by atoms with van der Waals surface area (Å²) in [6.45, 7) is 15.3. The van der Waals surface area contributed by atoms with Gasteiger partial charge in [-0.25, -0.2) is 0 Å². The summed E-state index contributed by atoms with van der Waals surface area (Å²) < 4.78 is 19.1. The molecule has 0 N–H and O–H groups in total. The van der Waals surface area contributed by atoms with Crippen LogP contribution in [0.25, 0.3) is 0 Å². The Morgan fingerprint density at radius 1 is 0.774 bits per heavy atom. The van der Waals surface area contributed by atoms with Crippen LogP contribution in [0.2, 0.25) is 0 Å². The van der Waals surface area contributed by atoms with Crippen LogP contribution in [-0.2, 0) is 20.0 Å². The van der Waals surface area contributed by atoms with Crippen molar-refractivity contribution in [3.63, 3.8) is 0 Å². The van der Waals surface area contributed by atoms with Crippen molar-refractivity contribution in [2.45, 2.75) is 110 Å². The molecule has 0 saturated heterocycles. The minimum Gasteiger partial charge on any atom is -0.372 e. The molecule has 0 spiro atoms. The number of hydrogen-bond donors (Lipinski definition) is 0. The summed E-state index contributed by atoms with van der Waals surface area (Å²) in [5.41, 5.74) is 0.565. The summed E-state index contributed by atoms with van der Waals surface area (Å²) in [4.78, 5) is 0. The van der Waals surface area contributed by atoms with Gasteiger partial charge in [-0.15, -0.1) is 6.58 Å². The van der Waals surface area contributed by atoms with Crippen LogP contribution in [-0.4, -0.2) is 25.9 Å². The molecule has 0 fully saturated rings. The Morgan fingerprint density at radius 3 is 1.77 bits per heavy atom. The summed E-state index contributed by atoms with van der Waals surface area (Å²) in [7, 11) is 1.82. The van der Waals surface area contributed by atoms with Crippen LogP contribution in [0.1, 0.15) is 104 Å². The predicted molar refractivity (Wildman–Crippen MR) is 135 cm³/mol. The second-order valence-corrected chi connectivity index (χ2v) is 8.01. The van der Waals surface area contributed by atoms with Gasteiger partial charge in [-0.3, -0.25) is 0 Å². The van der Waals surface area contributed by atoms with E-state index in [2.05, 4.69) is 51.6 Å². The molecule has 0 radical (unpaired) electrons. The Kier molecular flexibility index (Phi) is 17.7. The highest BCUT2D eigenvalue weighted by atomic mass is 16.7. The Labute approximate surface area is 193 Å². The first-order valence-corrected chi connectivity index (χ1v) is 12.6. The highest BCUT2D eigenvalue weighted by molar-refractivity contribution is 5.25. The lowest BCUT2D eigenvalue weighted by Crippen LogP contribution is -2.56. The maximum atomic E-state index is 6.41. The van der Waals surface area contributed by atoms with Crippen molar-refractivity contribution in [1.82, 2.24) is 0 Å². The Hall–Kier alpha value is -1.16. The number of ether oxygens (including phenoxy) is 3. The number of hydrogen-bond acceptors (Lipinski definition) is 3. The van der Waals surface area contributed by atoms with Gasteiger partial charge in [-0.2, -0.15) is 0 Å². The first kappa shape index (κ1) is 29.8. The van der Waals surface area contributed by atoms with Crippen LogP contribution >= 0.6 is 0 Å². The SMILES string of the molecule is C=CCC.CCCCCCCCC(CCC)(OC)C(OCC)(OCC)c1ccccc1. The van der Waals surface area contributed by atoms with Crippen LogP contribution in [0, 0.1) is 0 Å². The molecule has 0 aliphatic rings. The van der Waals surface area contributed by atoms with Crippen molar-refractivity contribution >= 4 is 0 Å². The van der Waals surface area contributed by atoms with E-state index in [1.807, 2.05) is 33.1 Å². The van der Waals surface area contributed by atoms with Gasteiger partial charge < -0.3 is 14.2 Å². The fourth-order valence-electron chi connectivity index (χ4n) is 4.19. The van der Waals surface area contributed by atoms with Crippen LogP contribution < -0.4 is 0 Å². The summed E-state index contributed by atoms with van der Waals surface area (Å²) >= 11 is 0. The zero-order valence-corrected chi connectivity index (χ0v) is 21.4. The number of unbranched alkanes of at least 4 members (excludes halogenated alkanes) is 5. The van der Waals surface area contributed by atoms with Crippen molar-refractivity contribution in [3.05, 3.63) is 48.6 Å². The zero-order valence-electron chi connectivity index (χ0n) is 21.4. The van der Waals surface area contributed by atoms with Crippen LogP contribution in [0.5, 0.6) is 0 Å². The van der Waals surface area contributed by atoms with Crippen molar-refractivity contribution < 1.29 is 14.2 Å². The van der Waals surface area contributed by atoms with E-state index in [4.69, 9.17) is 14.2 Å². The smallest absolute Gasteiger partial charge is 0.225 e. The van der Waals surface area contributed by atoms with E-state index in [-0.39, 0.29) is 0 Å². The third-order valence-corrected chi connectivity index (χ3v) is 5.72. The molecule has 3 heteroatoms. The van der Waals surface area contributed by atoms with Crippen molar-refractivity contribution in [3.8, 4) is 0 Å². The lowest BCUT2D eigenvalue weighted by atomic mass is 9.78. The molecular weight excluding hydrogens is 384 g/mol. The highest BCUT2D eigenvalue weighted by Crippen LogP contribution is 2.46. The fraction of sp³-hybridized carbons (Fsp3) is 0.714. The second-order valence-electron chi connectivity index (χ2n) is 8.01. The van der Waals surface area contributed by atoms with Gasteiger partial charge in [0.15, 0.2) is 0 Å². The number of allylic oxidation sites excluding steroid dienone is 1. The third kappa shape index (κ3) is 9.47. The standard InChI is InChI=1S/C24H42O3.C4H8/c1-6-10-11-12-13-17-21-23(25-5,20-7-2)24(26-8-3,27-9-4)22-18-15-14-16-19-22;1-3-4-2/h14-16,18-19H,6-13,17,20-21H2,1-5H3;3H,1,4H2,2H3. The van der Waals surface area contributed by atoms with E-state index >= 15 is 0 Å². The van der Waals surface area contributed by atoms with Gasteiger partial charge in [-0.05, 0) is 33.1 Å². The van der Waals surface area contributed by atoms with Gasteiger partial charge in [0.2, 0.25) is 5.79 Å². The molecular formula is C28H50O3. The van der Waals surface area contributed by atoms with Crippen molar-refractivity contribution in [1.29, 1.82) is 0 Å². The van der Waals surface area contributed by atoms with Crippen LogP contribution in [0.15, 0.2) is 43.0 Å². The van der Waals surface area contributed by atoms with E-state index in [1.54, 1.807) is 0 Å². The normalized spacial score (nSPS) is 13.2. The first-order valence-electron chi connectivity index (χ1n) is 12.6. The maximum absolute atomic E-state index is 6.41. The third-order valence-electron chi connectivity index (χ3n) is 5.72. The van der Waals surface area contributed by atoms with E-state index in [0.717, 1.165) is 37.7 Å². The molecule has 31 heavy (non-hydrogen) atoms. The van der Waals surface area contributed by atoms with Crippen LogP contribution in [0.3, 0.4) is 0 Å². The number of benzene rings is 1. The highest BCUT2D eigenvalue weighted by Gasteiger charge is 2.54. The molecule has 0 saturated carbocycles. The van der Waals surface area contributed by atoms with Gasteiger partial charge in [0, 0.05) is 25.9 Å². The summed E-state index contributed by atoms with van der Waals surface area (Å²) in [6, 6.07) is 10.4. The molecule has 0 aliphatic carbocycles. The largest absolute Gasteiger partial charge is 0.372 e. The Morgan fingerprint density at radius 2 is 1.32 bits per heavy atom. The molecule has 0 bridgehead atoms. The topological polar surface area (TPSA) is 27.7 Å². The van der Waals surface area contributed by atoms with Gasteiger partial charge in [0.1, 0.15) is 5.60 Å². The molecule has 0 heterocycles. The number of rotatable bonds is 17. The Bertz CT molecular complexity index is 522. The van der Waals surface area contributed by atoms with Crippen molar-refractivity contribution in [2.24, 2.45) is 0 Å². The summed E-state index contributed by atoms with van der Waals surface area (Å²) in [6.07, 6.45) is 13.4. The second kappa shape index (κ2) is 18.4. The first-order chi connectivity index (χ1) is 15.1. The monoisotopic (exact) mass is 434 g/mol. The number of methoxy groups -OCH3 is 1. The molecule has 0 aliphatic heterocycles. The van der Waals surface area contributed by atoms with E-state index in [9.17, 15) is 0 Å². The van der Waals surface area contributed by atoms with Gasteiger partial charge in [-0.1, -0.05) is 102 Å². The average Bonchev–Trinajstić information content (AvgIpc) is 2.81. The predicted octanol–water partition coefficient (Wildman–Crippen LogP) is 8.43. The molecule has 1 aromatic rings. The van der Waals surface area contributed by atoms with Crippen molar-refractivity contribution in [2.75, 3.05) is 20.3 Å². The van der Waals surface area contributed by atoms with Gasteiger partial charge >= 0.3 is 0 Å². The van der Waals surface area contributed by atoms with Gasteiger partial charge in [0.25, 0.3) is 0 Å². The molecule has 1 rings (SSSR count). The average molecular weight is 435 g/mol. The zero-order chi connectivity index (χ0) is 23.4. The lowest BCUT2D eigenvalue weighted by Gasteiger charge is -2.49. The van der Waals surface area contributed by atoms with E-state index in [0.29, 0.717) is 13.2 Å². The maximum Gasteiger partial charge on any atom is 0.225 e. The lowest BCUT2D eigenvalue weighted by molar-refractivity contribution is -0.340. The minimum atomic E-state index is -0.869. The summed E-state index contributed by atoms with van der Waals surface area (Å²) in [5, 5.41) is 0. The molecule has 3 nitrogen and oxygen atoms in total. The molecule has 1 aromatic carbocycles.